The van der Waals surface area contributed by atoms with Crippen molar-refractivity contribution in [2.45, 2.75) is 17.9 Å². The molecule has 0 saturated heterocycles. The number of benzene rings is 1. The standard InChI is InChI=1S/C15H14ClN3O2S/c1-10(17)14-9-11-3-2-4-13(16)15(11)22(20,21)19(14)12-5-7-18-8-6-12/h2-10H,17H2,1H3. The molecule has 1 atom stereocenters. The summed E-state index contributed by atoms with van der Waals surface area (Å²) in [6, 6.07) is 7.77. The van der Waals surface area contributed by atoms with Crippen LogP contribution < -0.4 is 10.0 Å². The SMILES string of the molecule is CC(N)C1=Cc2cccc(Cl)c2S(=O)(=O)N1c1ccncc1. The van der Waals surface area contributed by atoms with Gasteiger partial charge in [0.25, 0.3) is 10.0 Å². The smallest absolute Gasteiger partial charge is 0.270 e. The molecule has 5 nitrogen and oxygen atoms in total. The highest BCUT2D eigenvalue weighted by Crippen LogP contribution is 2.39. The number of hydrogen-bond acceptors (Lipinski definition) is 4. The largest absolute Gasteiger partial charge is 0.323 e. The lowest BCUT2D eigenvalue weighted by molar-refractivity contribution is 0.591. The number of pyridine rings is 1. The number of hydrogen-bond donors (Lipinski definition) is 1. The van der Waals surface area contributed by atoms with Crippen molar-refractivity contribution in [3.05, 3.63) is 59.0 Å². The van der Waals surface area contributed by atoms with E-state index < -0.39 is 16.1 Å². The third kappa shape index (κ3) is 2.29. The molecule has 7 heteroatoms. The van der Waals surface area contributed by atoms with E-state index in [1.807, 2.05) is 0 Å². The summed E-state index contributed by atoms with van der Waals surface area (Å²) in [5, 5.41) is 0.191. The Morgan fingerprint density at radius 3 is 2.55 bits per heavy atom. The maximum absolute atomic E-state index is 13.1. The second-order valence-electron chi connectivity index (χ2n) is 4.99. The molecule has 1 unspecified atom stereocenters. The molecule has 0 fully saturated rings. The lowest BCUT2D eigenvalue weighted by atomic mass is 10.1. The third-order valence-electron chi connectivity index (χ3n) is 3.40. The van der Waals surface area contributed by atoms with Crippen LogP contribution >= 0.6 is 11.6 Å². The molecule has 0 radical (unpaired) electrons. The summed E-state index contributed by atoms with van der Waals surface area (Å²) in [4.78, 5) is 4.02. The molecule has 0 bridgehead atoms. The van der Waals surface area contributed by atoms with Gasteiger partial charge in [0, 0.05) is 18.4 Å². The summed E-state index contributed by atoms with van der Waals surface area (Å²) in [6.45, 7) is 1.74. The van der Waals surface area contributed by atoms with Crippen molar-refractivity contribution in [2.75, 3.05) is 4.31 Å². The van der Waals surface area contributed by atoms with Crippen LogP contribution in [-0.2, 0) is 10.0 Å². The molecule has 22 heavy (non-hydrogen) atoms. The predicted octanol–water partition coefficient (Wildman–Crippen LogP) is 2.63. The molecule has 2 N–H and O–H groups in total. The molecule has 0 aliphatic carbocycles. The van der Waals surface area contributed by atoms with Gasteiger partial charge in [-0.2, -0.15) is 0 Å². The first-order valence-corrected chi connectivity index (χ1v) is 8.46. The molecule has 2 heterocycles. The minimum absolute atomic E-state index is 0.0953. The van der Waals surface area contributed by atoms with E-state index in [1.165, 1.54) is 16.7 Å². The highest BCUT2D eigenvalue weighted by molar-refractivity contribution is 7.93. The number of anilines is 1. The summed E-state index contributed by atoms with van der Waals surface area (Å²) in [5.74, 6) is 0. The topological polar surface area (TPSA) is 76.3 Å². The van der Waals surface area contributed by atoms with Crippen LogP contribution in [0, 0.1) is 0 Å². The summed E-state index contributed by atoms with van der Waals surface area (Å²) in [6.07, 6.45) is 4.82. The lowest BCUT2D eigenvalue weighted by Gasteiger charge is -2.33. The molecule has 0 saturated carbocycles. The van der Waals surface area contributed by atoms with Crippen molar-refractivity contribution in [1.82, 2.24) is 4.98 Å². The maximum atomic E-state index is 13.1. The molecule has 1 aliphatic heterocycles. The second kappa shape index (κ2) is 5.39. The molecular weight excluding hydrogens is 322 g/mol. The average Bonchev–Trinajstić information content (AvgIpc) is 2.46. The second-order valence-corrected chi connectivity index (χ2v) is 7.12. The molecule has 0 amide bonds. The molecule has 2 aromatic rings. The summed E-state index contributed by atoms with van der Waals surface area (Å²) < 4.78 is 27.4. The highest BCUT2D eigenvalue weighted by atomic mass is 35.5. The Bertz CT molecular complexity index is 848. The zero-order valence-electron chi connectivity index (χ0n) is 11.8. The van der Waals surface area contributed by atoms with E-state index in [2.05, 4.69) is 4.98 Å². The number of halogens is 1. The number of nitrogens with zero attached hydrogens (tertiary/aromatic N) is 2. The van der Waals surface area contributed by atoms with Gasteiger partial charge in [-0.25, -0.2) is 12.7 Å². The van der Waals surface area contributed by atoms with Crippen LogP contribution in [0.4, 0.5) is 5.69 Å². The van der Waals surface area contributed by atoms with E-state index in [4.69, 9.17) is 17.3 Å². The van der Waals surface area contributed by atoms with Gasteiger partial charge >= 0.3 is 0 Å². The highest BCUT2D eigenvalue weighted by Gasteiger charge is 2.36. The molecule has 0 spiro atoms. The zero-order valence-corrected chi connectivity index (χ0v) is 13.3. The van der Waals surface area contributed by atoms with E-state index in [1.54, 1.807) is 43.3 Å². The summed E-state index contributed by atoms with van der Waals surface area (Å²) >= 11 is 6.13. The Kier molecular flexibility index (Phi) is 3.68. The van der Waals surface area contributed by atoms with E-state index in [9.17, 15) is 8.42 Å². The van der Waals surface area contributed by atoms with Gasteiger partial charge < -0.3 is 5.73 Å². The summed E-state index contributed by atoms with van der Waals surface area (Å²) in [5.41, 5.74) is 7.50. The van der Waals surface area contributed by atoms with Crippen LogP contribution in [0.3, 0.4) is 0 Å². The molecular formula is C15H14ClN3O2S. The van der Waals surface area contributed by atoms with Crippen LogP contribution in [0.5, 0.6) is 0 Å². The Hall–Kier alpha value is -1.89. The Morgan fingerprint density at radius 2 is 1.91 bits per heavy atom. The van der Waals surface area contributed by atoms with Gasteiger partial charge in [-0.3, -0.25) is 4.98 Å². The number of nitrogens with two attached hydrogens (primary N) is 1. The van der Waals surface area contributed by atoms with Crippen LogP contribution in [0.15, 0.2) is 53.3 Å². The molecule has 1 aliphatic rings. The maximum Gasteiger partial charge on any atom is 0.270 e. The van der Waals surface area contributed by atoms with Crippen molar-refractivity contribution in [2.24, 2.45) is 5.73 Å². The van der Waals surface area contributed by atoms with Gasteiger partial charge in [0.1, 0.15) is 4.90 Å². The first-order chi connectivity index (χ1) is 10.4. The third-order valence-corrected chi connectivity index (χ3v) is 5.70. The number of fused-ring (bicyclic) bond motifs is 1. The van der Waals surface area contributed by atoms with E-state index in [-0.39, 0.29) is 9.92 Å². The van der Waals surface area contributed by atoms with Gasteiger partial charge in [-0.15, -0.1) is 0 Å². The molecule has 114 valence electrons. The van der Waals surface area contributed by atoms with Crippen LogP contribution in [0.2, 0.25) is 5.02 Å². The van der Waals surface area contributed by atoms with Gasteiger partial charge in [-0.1, -0.05) is 23.7 Å². The minimum atomic E-state index is -3.84. The predicted molar refractivity (Wildman–Crippen MR) is 87.0 cm³/mol. The summed E-state index contributed by atoms with van der Waals surface area (Å²) in [7, 11) is -3.84. The van der Waals surface area contributed by atoms with Crippen molar-refractivity contribution in [1.29, 1.82) is 0 Å². The van der Waals surface area contributed by atoms with E-state index in [0.29, 0.717) is 16.9 Å². The fraction of sp³-hybridized carbons (Fsp3) is 0.133. The van der Waals surface area contributed by atoms with Crippen LogP contribution in [-0.4, -0.2) is 19.4 Å². The fourth-order valence-corrected chi connectivity index (χ4v) is 4.73. The first-order valence-electron chi connectivity index (χ1n) is 6.64. The molecule has 3 rings (SSSR count). The minimum Gasteiger partial charge on any atom is -0.323 e. The van der Waals surface area contributed by atoms with Gasteiger partial charge in [0.2, 0.25) is 0 Å². The van der Waals surface area contributed by atoms with Gasteiger partial charge in [-0.05, 0) is 36.8 Å². The van der Waals surface area contributed by atoms with Crippen molar-refractivity contribution in [3.63, 3.8) is 0 Å². The van der Waals surface area contributed by atoms with Crippen molar-refractivity contribution < 1.29 is 8.42 Å². The average molecular weight is 336 g/mol. The monoisotopic (exact) mass is 335 g/mol. The quantitative estimate of drug-likeness (QED) is 0.915. The Balaban J connectivity index is 2.33. The van der Waals surface area contributed by atoms with Crippen LogP contribution in [0.1, 0.15) is 12.5 Å². The van der Waals surface area contributed by atoms with Gasteiger partial charge in [0.15, 0.2) is 0 Å². The Morgan fingerprint density at radius 1 is 1.23 bits per heavy atom. The fourth-order valence-electron chi connectivity index (χ4n) is 2.44. The van der Waals surface area contributed by atoms with Gasteiger partial charge in [0.05, 0.1) is 16.4 Å². The Labute approximate surface area is 134 Å². The van der Waals surface area contributed by atoms with Crippen LogP contribution in [0.25, 0.3) is 6.08 Å². The first kappa shape index (κ1) is 15.0. The molecule has 1 aromatic carbocycles. The number of aromatic nitrogens is 1. The number of sulfonamides is 1. The molecule has 1 aromatic heterocycles. The van der Waals surface area contributed by atoms with Crippen molar-refractivity contribution in [3.8, 4) is 0 Å². The zero-order chi connectivity index (χ0) is 15.9. The number of rotatable bonds is 2. The van der Waals surface area contributed by atoms with E-state index in [0.717, 1.165) is 0 Å². The van der Waals surface area contributed by atoms with E-state index >= 15 is 0 Å². The normalized spacial score (nSPS) is 17.6. The lowest BCUT2D eigenvalue weighted by Crippen LogP contribution is -2.40. The van der Waals surface area contributed by atoms with Crippen molar-refractivity contribution >= 4 is 33.4 Å².